The first-order chi connectivity index (χ1) is 5.79. The summed E-state index contributed by atoms with van der Waals surface area (Å²) < 4.78 is 0. The van der Waals surface area contributed by atoms with Crippen molar-refractivity contribution in [2.24, 2.45) is 0 Å². The molecule has 0 aliphatic carbocycles. The van der Waals surface area contributed by atoms with Gasteiger partial charge in [-0.25, -0.2) is 0 Å². The van der Waals surface area contributed by atoms with E-state index in [1.54, 1.807) is 0 Å². The zero-order valence-electron chi connectivity index (χ0n) is 8.27. The molecule has 3 nitrogen and oxygen atoms in total. The average Bonchev–Trinajstić information content (AvgIpc) is 2.05. The molecule has 0 saturated carbocycles. The van der Waals surface area contributed by atoms with Crippen molar-refractivity contribution < 1.29 is 0 Å². The third kappa shape index (κ3) is 4.04. The van der Waals surface area contributed by atoms with Crippen molar-refractivity contribution in [1.82, 2.24) is 15.5 Å². The summed E-state index contributed by atoms with van der Waals surface area (Å²) >= 11 is 0. The second kappa shape index (κ2) is 5.51. The molecule has 0 bridgehead atoms. The van der Waals surface area contributed by atoms with E-state index in [4.69, 9.17) is 0 Å². The van der Waals surface area contributed by atoms with Crippen LogP contribution in [-0.4, -0.2) is 51.2 Å². The Morgan fingerprint density at radius 1 is 1.50 bits per heavy atom. The van der Waals surface area contributed by atoms with Crippen LogP contribution in [0.25, 0.3) is 0 Å². The van der Waals surface area contributed by atoms with Crippen molar-refractivity contribution in [3.8, 4) is 0 Å². The lowest BCUT2D eigenvalue weighted by Gasteiger charge is -2.24. The van der Waals surface area contributed by atoms with Crippen molar-refractivity contribution in [2.45, 2.75) is 18.9 Å². The van der Waals surface area contributed by atoms with Crippen LogP contribution in [0.3, 0.4) is 0 Å². The Labute approximate surface area is 75.5 Å². The second-order valence-corrected chi connectivity index (χ2v) is 3.80. The van der Waals surface area contributed by atoms with Gasteiger partial charge in [-0.3, -0.25) is 0 Å². The molecule has 12 heavy (non-hydrogen) atoms. The Kier molecular flexibility index (Phi) is 4.58. The highest BCUT2D eigenvalue weighted by atomic mass is 15.1. The zero-order valence-corrected chi connectivity index (χ0v) is 8.27. The number of rotatable bonds is 4. The molecule has 0 aromatic heterocycles. The van der Waals surface area contributed by atoms with Crippen LogP contribution in [-0.2, 0) is 0 Å². The van der Waals surface area contributed by atoms with Gasteiger partial charge in [0, 0.05) is 25.7 Å². The third-order valence-electron chi connectivity index (χ3n) is 2.29. The normalized spacial score (nSPS) is 24.8. The molecule has 1 fully saturated rings. The number of likely N-dealkylation sites (N-methyl/N-ethyl adjacent to an activating group) is 1. The van der Waals surface area contributed by atoms with Gasteiger partial charge in [0.1, 0.15) is 0 Å². The first-order valence-corrected chi connectivity index (χ1v) is 4.88. The Balaban J connectivity index is 1.98. The molecule has 1 atom stereocenters. The fourth-order valence-electron chi connectivity index (χ4n) is 1.52. The van der Waals surface area contributed by atoms with E-state index < -0.39 is 0 Å². The lowest BCUT2D eigenvalue weighted by atomic mass is 10.1. The van der Waals surface area contributed by atoms with Crippen molar-refractivity contribution in [3.63, 3.8) is 0 Å². The van der Waals surface area contributed by atoms with Crippen LogP contribution in [0, 0.1) is 0 Å². The number of nitrogens with one attached hydrogen (secondary N) is 2. The smallest absolute Gasteiger partial charge is 0.0193 e. The van der Waals surface area contributed by atoms with Crippen LogP contribution >= 0.6 is 0 Å². The molecule has 1 saturated heterocycles. The van der Waals surface area contributed by atoms with E-state index >= 15 is 0 Å². The maximum Gasteiger partial charge on any atom is 0.0193 e. The minimum absolute atomic E-state index is 0.707. The van der Waals surface area contributed by atoms with E-state index in [-0.39, 0.29) is 0 Å². The van der Waals surface area contributed by atoms with Gasteiger partial charge in [-0.15, -0.1) is 0 Å². The van der Waals surface area contributed by atoms with Crippen molar-refractivity contribution in [3.05, 3.63) is 0 Å². The van der Waals surface area contributed by atoms with Gasteiger partial charge in [-0.1, -0.05) is 0 Å². The van der Waals surface area contributed by atoms with Crippen LogP contribution < -0.4 is 10.6 Å². The lowest BCUT2D eigenvalue weighted by molar-refractivity contribution is 0.349. The summed E-state index contributed by atoms with van der Waals surface area (Å²) in [5, 5.41) is 6.95. The van der Waals surface area contributed by atoms with E-state index in [2.05, 4.69) is 29.6 Å². The Morgan fingerprint density at radius 2 is 2.33 bits per heavy atom. The van der Waals surface area contributed by atoms with Gasteiger partial charge in [0.05, 0.1) is 0 Å². The second-order valence-electron chi connectivity index (χ2n) is 3.80. The fourth-order valence-corrected chi connectivity index (χ4v) is 1.52. The average molecular weight is 171 g/mol. The summed E-state index contributed by atoms with van der Waals surface area (Å²) in [7, 11) is 4.22. The minimum Gasteiger partial charge on any atom is -0.315 e. The molecule has 0 aromatic carbocycles. The van der Waals surface area contributed by atoms with E-state index in [9.17, 15) is 0 Å². The summed E-state index contributed by atoms with van der Waals surface area (Å²) in [6, 6.07) is 0.707. The number of hydrogen-bond acceptors (Lipinski definition) is 3. The van der Waals surface area contributed by atoms with Gasteiger partial charge in [-0.05, 0) is 33.5 Å². The quantitative estimate of drug-likeness (QED) is 0.618. The molecular weight excluding hydrogens is 150 g/mol. The monoisotopic (exact) mass is 171 g/mol. The topological polar surface area (TPSA) is 27.3 Å². The highest BCUT2D eigenvalue weighted by Crippen LogP contribution is 2.00. The fraction of sp³-hybridized carbons (Fsp3) is 1.00. The van der Waals surface area contributed by atoms with Crippen molar-refractivity contribution in [1.29, 1.82) is 0 Å². The Hall–Kier alpha value is -0.120. The van der Waals surface area contributed by atoms with E-state index in [0.29, 0.717) is 6.04 Å². The molecular formula is C9H21N3. The highest BCUT2D eigenvalue weighted by molar-refractivity contribution is 4.74. The molecule has 0 aromatic rings. The van der Waals surface area contributed by atoms with Gasteiger partial charge in [0.2, 0.25) is 0 Å². The van der Waals surface area contributed by atoms with Gasteiger partial charge in [0.25, 0.3) is 0 Å². The first-order valence-electron chi connectivity index (χ1n) is 4.88. The number of hydrogen-bond donors (Lipinski definition) is 2. The molecule has 3 heteroatoms. The molecule has 1 aliphatic heterocycles. The molecule has 0 radical (unpaired) electrons. The van der Waals surface area contributed by atoms with Gasteiger partial charge >= 0.3 is 0 Å². The predicted molar refractivity (Wildman–Crippen MR) is 52.4 cm³/mol. The first kappa shape index (κ1) is 9.96. The van der Waals surface area contributed by atoms with E-state index in [1.165, 1.54) is 19.4 Å². The standard InChI is InChI=1S/C9H21N3/c1-12(2)7-6-11-9-4-3-5-10-8-9/h9-11H,3-8H2,1-2H3. The Bertz CT molecular complexity index is 108. The van der Waals surface area contributed by atoms with Crippen LogP contribution in [0.5, 0.6) is 0 Å². The molecule has 1 rings (SSSR count). The molecule has 0 amide bonds. The van der Waals surface area contributed by atoms with Gasteiger partial charge in [0.15, 0.2) is 0 Å². The molecule has 72 valence electrons. The van der Waals surface area contributed by atoms with Crippen molar-refractivity contribution in [2.75, 3.05) is 40.3 Å². The molecule has 1 unspecified atom stereocenters. The molecule has 2 N–H and O–H groups in total. The molecule has 1 heterocycles. The van der Waals surface area contributed by atoms with Crippen LogP contribution in [0.1, 0.15) is 12.8 Å². The zero-order chi connectivity index (χ0) is 8.81. The summed E-state index contributed by atoms with van der Waals surface area (Å²) in [6.45, 7) is 4.59. The van der Waals surface area contributed by atoms with Gasteiger partial charge in [-0.2, -0.15) is 0 Å². The largest absolute Gasteiger partial charge is 0.315 e. The van der Waals surface area contributed by atoms with Gasteiger partial charge < -0.3 is 15.5 Å². The SMILES string of the molecule is CN(C)CCNC1CCCNC1. The number of nitrogens with zero attached hydrogens (tertiary/aromatic N) is 1. The van der Waals surface area contributed by atoms with Crippen LogP contribution in [0.2, 0.25) is 0 Å². The van der Waals surface area contributed by atoms with Crippen LogP contribution in [0.15, 0.2) is 0 Å². The van der Waals surface area contributed by atoms with Crippen molar-refractivity contribution >= 4 is 0 Å². The lowest BCUT2D eigenvalue weighted by Crippen LogP contribution is -2.44. The van der Waals surface area contributed by atoms with Crippen LogP contribution in [0.4, 0.5) is 0 Å². The summed E-state index contributed by atoms with van der Waals surface area (Å²) in [5.74, 6) is 0. The molecule has 1 aliphatic rings. The summed E-state index contributed by atoms with van der Waals surface area (Å²) in [4.78, 5) is 2.21. The van der Waals surface area contributed by atoms with E-state index in [1.807, 2.05) is 0 Å². The number of piperidine rings is 1. The highest BCUT2D eigenvalue weighted by Gasteiger charge is 2.10. The Morgan fingerprint density at radius 3 is 2.92 bits per heavy atom. The maximum atomic E-state index is 3.55. The predicted octanol–water partition coefficient (Wildman–Crippen LogP) is -0.110. The van der Waals surface area contributed by atoms with E-state index in [0.717, 1.165) is 19.6 Å². The third-order valence-corrected chi connectivity index (χ3v) is 2.29. The molecule has 0 spiro atoms. The summed E-state index contributed by atoms with van der Waals surface area (Å²) in [6.07, 6.45) is 2.65. The summed E-state index contributed by atoms with van der Waals surface area (Å²) in [5.41, 5.74) is 0. The maximum absolute atomic E-state index is 3.55. The minimum atomic E-state index is 0.707.